The number of anilines is 1. The van der Waals surface area contributed by atoms with E-state index in [-0.39, 0.29) is 11.4 Å². The molecule has 0 aliphatic heterocycles. The highest BCUT2D eigenvalue weighted by molar-refractivity contribution is 7.89. The van der Waals surface area contributed by atoms with E-state index < -0.39 is 10.0 Å². The van der Waals surface area contributed by atoms with E-state index in [4.69, 9.17) is 0 Å². The molecule has 0 aliphatic rings. The van der Waals surface area contributed by atoms with Crippen LogP contribution in [0.3, 0.4) is 0 Å². The average molecular weight is 292 g/mol. The first-order valence-corrected chi connectivity index (χ1v) is 7.47. The molecule has 0 atom stereocenters. The Labute approximate surface area is 118 Å². The first-order chi connectivity index (χ1) is 9.55. The second-order valence-electron chi connectivity index (χ2n) is 4.22. The second kappa shape index (κ2) is 5.98. The smallest absolute Gasteiger partial charge is 0.246 e. The largest absolute Gasteiger partial charge is 0.372 e. The Morgan fingerprint density at radius 1 is 1.20 bits per heavy atom. The zero-order valence-corrected chi connectivity index (χ0v) is 12.1. The standard InChI is InChI=1S/C13H16N4O2S/c1-14-13-12(4-3-7-16-13)20(18,19)17(2)10-11-5-8-15-9-6-11/h3-9H,10H2,1-2H3,(H,14,16). The fraction of sp³-hybridized carbons (Fsp3) is 0.231. The molecule has 0 saturated heterocycles. The van der Waals surface area contributed by atoms with Gasteiger partial charge in [0.25, 0.3) is 0 Å². The summed E-state index contributed by atoms with van der Waals surface area (Å²) in [5.41, 5.74) is 0.876. The molecule has 0 spiro atoms. The number of hydrogen-bond acceptors (Lipinski definition) is 5. The zero-order valence-electron chi connectivity index (χ0n) is 11.3. The van der Waals surface area contributed by atoms with E-state index in [0.29, 0.717) is 5.82 Å². The van der Waals surface area contributed by atoms with Crippen molar-refractivity contribution in [3.8, 4) is 0 Å². The summed E-state index contributed by atoms with van der Waals surface area (Å²) in [5, 5.41) is 2.79. The molecule has 2 aromatic rings. The van der Waals surface area contributed by atoms with Crippen LogP contribution in [0.5, 0.6) is 0 Å². The van der Waals surface area contributed by atoms with E-state index >= 15 is 0 Å². The maximum atomic E-state index is 12.5. The summed E-state index contributed by atoms with van der Waals surface area (Å²) in [6, 6.07) is 6.72. The quantitative estimate of drug-likeness (QED) is 0.900. The number of nitrogens with one attached hydrogen (secondary N) is 1. The summed E-state index contributed by atoms with van der Waals surface area (Å²) in [7, 11) is -0.405. The first-order valence-electron chi connectivity index (χ1n) is 6.03. The third kappa shape index (κ3) is 2.94. The molecule has 2 heterocycles. The van der Waals surface area contributed by atoms with Gasteiger partial charge in [-0.15, -0.1) is 0 Å². The molecular formula is C13H16N4O2S. The molecule has 106 valence electrons. The van der Waals surface area contributed by atoms with Crippen LogP contribution in [0.4, 0.5) is 5.82 Å². The first kappa shape index (κ1) is 14.4. The molecule has 0 saturated carbocycles. The van der Waals surface area contributed by atoms with Gasteiger partial charge in [0, 0.05) is 39.2 Å². The molecule has 6 nitrogen and oxygen atoms in total. The van der Waals surface area contributed by atoms with Gasteiger partial charge in [-0.3, -0.25) is 4.98 Å². The van der Waals surface area contributed by atoms with Gasteiger partial charge in [-0.1, -0.05) is 0 Å². The molecule has 0 aromatic carbocycles. The molecule has 0 bridgehead atoms. The van der Waals surface area contributed by atoms with Crippen LogP contribution in [-0.2, 0) is 16.6 Å². The summed E-state index contributed by atoms with van der Waals surface area (Å²) >= 11 is 0. The third-order valence-corrected chi connectivity index (χ3v) is 4.69. The van der Waals surface area contributed by atoms with Gasteiger partial charge in [0.2, 0.25) is 10.0 Å². The van der Waals surface area contributed by atoms with Crippen molar-refractivity contribution in [3.63, 3.8) is 0 Å². The van der Waals surface area contributed by atoms with Crippen LogP contribution in [-0.4, -0.2) is 36.8 Å². The van der Waals surface area contributed by atoms with Crippen molar-refractivity contribution in [2.24, 2.45) is 0 Å². The summed E-state index contributed by atoms with van der Waals surface area (Å²) in [6.45, 7) is 0.281. The Balaban J connectivity index is 2.30. The third-order valence-electron chi connectivity index (χ3n) is 2.85. The number of pyridine rings is 2. The molecule has 20 heavy (non-hydrogen) atoms. The van der Waals surface area contributed by atoms with Crippen LogP contribution >= 0.6 is 0 Å². The van der Waals surface area contributed by atoms with Crippen LogP contribution < -0.4 is 5.32 Å². The van der Waals surface area contributed by atoms with Gasteiger partial charge in [0.05, 0.1) is 0 Å². The van der Waals surface area contributed by atoms with Crippen LogP contribution in [0.25, 0.3) is 0 Å². The van der Waals surface area contributed by atoms with Gasteiger partial charge in [0.1, 0.15) is 10.7 Å². The van der Waals surface area contributed by atoms with Crippen molar-refractivity contribution in [1.29, 1.82) is 0 Å². The SMILES string of the molecule is CNc1ncccc1S(=O)(=O)N(C)Cc1ccncc1. The highest BCUT2D eigenvalue weighted by Gasteiger charge is 2.24. The van der Waals surface area contributed by atoms with Gasteiger partial charge >= 0.3 is 0 Å². The minimum Gasteiger partial charge on any atom is -0.372 e. The summed E-state index contributed by atoms with van der Waals surface area (Å²) in [6.07, 6.45) is 4.82. The summed E-state index contributed by atoms with van der Waals surface area (Å²) < 4.78 is 26.4. The van der Waals surface area contributed by atoms with Crippen molar-refractivity contribution >= 4 is 15.8 Å². The van der Waals surface area contributed by atoms with E-state index in [0.717, 1.165) is 5.56 Å². The van der Waals surface area contributed by atoms with Gasteiger partial charge in [-0.05, 0) is 29.8 Å². The predicted octanol–water partition coefficient (Wildman–Crippen LogP) is 1.34. The van der Waals surface area contributed by atoms with Crippen molar-refractivity contribution < 1.29 is 8.42 Å². The fourth-order valence-corrected chi connectivity index (χ4v) is 3.09. The lowest BCUT2D eigenvalue weighted by atomic mass is 10.3. The summed E-state index contributed by atoms with van der Waals surface area (Å²) in [5.74, 6) is 0.342. The average Bonchev–Trinajstić information content (AvgIpc) is 2.48. The molecule has 0 radical (unpaired) electrons. The molecule has 0 aliphatic carbocycles. The number of aromatic nitrogens is 2. The van der Waals surface area contributed by atoms with Gasteiger partial charge in [-0.25, -0.2) is 13.4 Å². The van der Waals surface area contributed by atoms with Gasteiger partial charge in [-0.2, -0.15) is 4.31 Å². The number of sulfonamides is 1. The fourth-order valence-electron chi connectivity index (χ4n) is 1.78. The predicted molar refractivity (Wildman–Crippen MR) is 76.7 cm³/mol. The molecular weight excluding hydrogens is 276 g/mol. The number of hydrogen-bond donors (Lipinski definition) is 1. The maximum absolute atomic E-state index is 12.5. The minimum atomic E-state index is -3.59. The molecule has 0 fully saturated rings. The Hall–Kier alpha value is -1.99. The Morgan fingerprint density at radius 3 is 2.55 bits per heavy atom. The van der Waals surface area contributed by atoms with E-state index in [1.807, 2.05) is 0 Å². The van der Waals surface area contributed by atoms with E-state index in [2.05, 4.69) is 15.3 Å². The highest BCUT2D eigenvalue weighted by Crippen LogP contribution is 2.22. The topological polar surface area (TPSA) is 75.2 Å². The Bertz CT molecular complexity index is 674. The Kier molecular flexibility index (Phi) is 4.31. The normalized spacial score (nSPS) is 11.6. The summed E-state index contributed by atoms with van der Waals surface area (Å²) in [4.78, 5) is 8.10. The van der Waals surface area contributed by atoms with Crippen molar-refractivity contribution in [3.05, 3.63) is 48.4 Å². The molecule has 2 rings (SSSR count). The lowest BCUT2D eigenvalue weighted by molar-refractivity contribution is 0.466. The van der Waals surface area contributed by atoms with E-state index in [1.165, 1.54) is 10.4 Å². The second-order valence-corrected chi connectivity index (χ2v) is 6.23. The minimum absolute atomic E-state index is 0.166. The van der Waals surface area contributed by atoms with E-state index in [9.17, 15) is 8.42 Å². The number of rotatable bonds is 5. The molecule has 1 N–H and O–H groups in total. The van der Waals surface area contributed by atoms with Crippen LogP contribution in [0.15, 0.2) is 47.8 Å². The monoisotopic (exact) mass is 292 g/mol. The van der Waals surface area contributed by atoms with Crippen LogP contribution in [0, 0.1) is 0 Å². The maximum Gasteiger partial charge on any atom is 0.246 e. The Morgan fingerprint density at radius 2 is 1.90 bits per heavy atom. The lowest BCUT2D eigenvalue weighted by Crippen LogP contribution is -2.27. The highest BCUT2D eigenvalue weighted by atomic mass is 32.2. The molecule has 2 aromatic heterocycles. The van der Waals surface area contributed by atoms with Crippen LogP contribution in [0.1, 0.15) is 5.56 Å². The van der Waals surface area contributed by atoms with E-state index in [1.54, 1.807) is 50.9 Å². The van der Waals surface area contributed by atoms with Gasteiger partial charge in [0.15, 0.2) is 0 Å². The lowest BCUT2D eigenvalue weighted by Gasteiger charge is -2.18. The zero-order chi connectivity index (χ0) is 14.6. The van der Waals surface area contributed by atoms with Gasteiger partial charge < -0.3 is 5.32 Å². The number of nitrogens with zero attached hydrogens (tertiary/aromatic N) is 3. The van der Waals surface area contributed by atoms with Crippen LogP contribution in [0.2, 0.25) is 0 Å². The molecule has 0 amide bonds. The van der Waals surface area contributed by atoms with Crippen molar-refractivity contribution in [1.82, 2.24) is 14.3 Å². The van der Waals surface area contributed by atoms with Crippen molar-refractivity contribution in [2.45, 2.75) is 11.4 Å². The molecule has 0 unspecified atom stereocenters. The van der Waals surface area contributed by atoms with Crippen molar-refractivity contribution in [2.75, 3.05) is 19.4 Å². The molecule has 7 heteroatoms.